The van der Waals surface area contributed by atoms with Gasteiger partial charge in [-0.3, -0.25) is 0 Å². The van der Waals surface area contributed by atoms with Crippen molar-refractivity contribution < 1.29 is 19.7 Å². The van der Waals surface area contributed by atoms with E-state index < -0.39 is 0 Å². The summed E-state index contributed by atoms with van der Waals surface area (Å²) in [5.74, 6) is 1.38. The lowest BCUT2D eigenvalue weighted by Crippen LogP contribution is -2.16. The maximum atomic E-state index is 9.94. The second kappa shape index (κ2) is 8.61. The van der Waals surface area contributed by atoms with Crippen LogP contribution in [0.3, 0.4) is 0 Å². The third-order valence-corrected chi connectivity index (χ3v) is 6.91. The highest BCUT2D eigenvalue weighted by atomic mass is 32.1. The number of thiophene rings is 1. The van der Waals surface area contributed by atoms with Crippen LogP contribution in [0, 0.1) is 0 Å². The molecule has 0 spiro atoms. The molecule has 4 aromatic rings. The van der Waals surface area contributed by atoms with Gasteiger partial charge in [0, 0.05) is 16.2 Å². The largest absolute Gasteiger partial charge is 0.508 e. The Kier molecular flexibility index (Phi) is 5.53. The van der Waals surface area contributed by atoms with E-state index in [0.29, 0.717) is 6.61 Å². The van der Waals surface area contributed by atoms with Gasteiger partial charge in [0.15, 0.2) is 0 Å². The van der Waals surface area contributed by atoms with E-state index in [2.05, 4.69) is 12.1 Å². The predicted octanol–water partition coefficient (Wildman–Crippen LogP) is 6.13. The summed E-state index contributed by atoms with van der Waals surface area (Å²) in [6.07, 6.45) is 3.16. The number of phenolic OH excluding ortho intramolecular Hbond substituents is 2. The lowest BCUT2D eigenvalue weighted by molar-refractivity contribution is 0.0679. The second-order valence-corrected chi connectivity index (χ2v) is 8.96. The number of phenols is 2. The van der Waals surface area contributed by atoms with Crippen molar-refractivity contribution in [2.45, 2.75) is 25.4 Å². The first-order valence-corrected chi connectivity index (χ1v) is 11.3. The molecule has 3 aromatic carbocycles. The predicted molar refractivity (Wildman–Crippen MR) is 124 cm³/mol. The Balaban J connectivity index is 1.42. The molecule has 1 aliphatic heterocycles. The lowest BCUT2D eigenvalue weighted by atomic mass is 9.99. The van der Waals surface area contributed by atoms with Crippen molar-refractivity contribution in [3.8, 4) is 27.7 Å². The highest BCUT2D eigenvalue weighted by Crippen LogP contribution is 2.41. The van der Waals surface area contributed by atoms with Crippen LogP contribution in [-0.2, 0) is 11.2 Å². The van der Waals surface area contributed by atoms with Gasteiger partial charge in [-0.15, -0.1) is 11.3 Å². The minimum atomic E-state index is 0.209. The quantitative estimate of drug-likeness (QED) is 0.385. The highest BCUT2D eigenvalue weighted by molar-refractivity contribution is 7.22. The maximum Gasteiger partial charge on any atom is 0.119 e. The third kappa shape index (κ3) is 4.38. The molecule has 0 bridgehead atoms. The smallest absolute Gasteiger partial charge is 0.119 e. The van der Waals surface area contributed by atoms with Crippen molar-refractivity contribution in [3.05, 3.63) is 77.9 Å². The Morgan fingerprint density at radius 3 is 2.45 bits per heavy atom. The number of rotatable bonds is 6. The zero-order valence-electron chi connectivity index (χ0n) is 17.1. The van der Waals surface area contributed by atoms with Crippen LogP contribution in [0.25, 0.3) is 20.5 Å². The summed E-state index contributed by atoms with van der Waals surface area (Å²) < 4.78 is 12.6. The van der Waals surface area contributed by atoms with E-state index in [9.17, 15) is 10.2 Å². The molecule has 2 heterocycles. The van der Waals surface area contributed by atoms with Gasteiger partial charge in [-0.25, -0.2) is 0 Å². The zero-order chi connectivity index (χ0) is 21.2. The molecule has 158 valence electrons. The highest BCUT2D eigenvalue weighted by Gasteiger charge is 2.17. The van der Waals surface area contributed by atoms with Crippen molar-refractivity contribution in [2.75, 3.05) is 13.2 Å². The average Bonchev–Trinajstić information content (AvgIpc) is 3.42. The molecule has 0 radical (unpaired) electrons. The first-order chi connectivity index (χ1) is 15.2. The van der Waals surface area contributed by atoms with Crippen molar-refractivity contribution in [1.82, 2.24) is 0 Å². The minimum Gasteiger partial charge on any atom is -0.508 e. The Bertz CT molecular complexity index is 1170. The fraction of sp³-hybridized carbons (Fsp3) is 0.231. The summed E-state index contributed by atoms with van der Waals surface area (Å²) in [5, 5.41) is 20.8. The number of fused-ring (bicyclic) bond motifs is 1. The van der Waals surface area contributed by atoms with Crippen molar-refractivity contribution in [3.63, 3.8) is 0 Å². The molecule has 31 heavy (non-hydrogen) atoms. The van der Waals surface area contributed by atoms with E-state index in [4.69, 9.17) is 9.47 Å². The molecule has 2 N–H and O–H groups in total. The van der Waals surface area contributed by atoms with Crippen LogP contribution in [0.4, 0.5) is 0 Å². The minimum absolute atomic E-state index is 0.209. The SMILES string of the molecule is Oc1ccc(-c2sc3cc(O)ccc3c2Cc2ccc(OCC3CCCO3)cc2)cc1. The van der Waals surface area contributed by atoms with Gasteiger partial charge in [0.25, 0.3) is 0 Å². The fourth-order valence-corrected chi connectivity index (χ4v) is 5.29. The van der Waals surface area contributed by atoms with Crippen LogP contribution in [0.5, 0.6) is 17.2 Å². The number of hydrogen-bond acceptors (Lipinski definition) is 5. The first kappa shape index (κ1) is 19.9. The van der Waals surface area contributed by atoms with E-state index in [0.717, 1.165) is 52.1 Å². The maximum absolute atomic E-state index is 9.94. The van der Waals surface area contributed by atoms with Gasteiger partial charge in [-0.1, -0.05) is 12.1 Å². The van der Waals surface area contributed by atoms with Gasteiger partial charge in [0.1, 0.15) is 23.9 Å². The molecular formula is C26H24O4S. The average molecular weight is 433 g/mol. The Morgan fingerprint density at radius 1 is 0.935 bits per heavy atom. The lowest BCUT2D eigenvalue weighted by Gasteiger charge is -2.12. The zero-order valence-corrected chi connectivity index (χ0v) is 17.9. The summed E-state index contributed by atoms with van der Waals surface area (Å²) in [7, 11) is 0. The summed E-state index contributed by atoms with van der Waals surface area (Å²) in [5.41, 5.74) is 3.47. The summed E-state index contributed by atoms with van der Waals surface area (Å²) in [4.78, 5) is 1.15. The van der Waals surface area contributed by atoms with Crippen LogP contribution < -0.4 is 4.74 Å². The van der Waals surface area contributed by atoms with E-state index in [1.54, 1.807) is 29.5 Å². The number of benzene rings is 3. The molecule has 5 heteroatoms. The van der Waals surface area contributed by atoms with Gasteiger partial charge >= 0.3 is 0 Å². The molecule has 5 rings (SSSR count). The molecule has 4 nitrogen and oxygen atoms in total. The Labute approximate surface area is 185 Å². The fourth-order valence-electron chi connectivity index (χ4n) is 4.03. The molecule has 1 fully saturated rings. The molecule has 1 aromatic heterocycles. The van der Waals surface area contributed by atoms with E-state index >= 15 is 0 Å². The second-order valence-electron chi connectivity index (χ2n) is 7.90. The van der Waals surface area contributed by atoms with Crippen LogP contribution >= 0.6 is 11.3 Å². The number of aromatic hydroxyl groups is 2. The van der Waals surface area contributed by atoms with Gasteiger partial charge in [-0.05, 0) is 95.9 Å². The van der Waals surface area contributed by atoms with Gasteiger partial charge in [0.2, 0.25) is 0 Å². The molecule has 0 amide bonds. The molecule has 1 saturated heterocycles. The molecule has 0 saturated carbocycles. The molecule has 1 unspecified atom stereocenters. The number of ether oxygens (including phenoxy) is 2. The van der Waals surface area contributed by atoms with Crippen LogP contribution in [0.15, 0.2) is 66.7 Å². The standard InChI is InChI=1S/C26H24O4S/c27-19-7-5-18(6-8-19)26-24(23-12-9-20(28)15-25(23)31-26)14-17-3-10-21(11-4-17)30-16-22-2-1-13-29-22/h3-12,15,22,27-28H,1-2,13-14,16H2. The Hall–Kier alpha value is -3.02. The molecular weight excluding hydrogens is 408 g/mol. The van der Waals surface area contributed by atoms with Crippen LogP contribution in [0.1, 0.15) is 24.0 Å². The topological polar surface area (TPSA) is 58.9 Å². The summed E-state index contributed by atoms with van der Waals surface area (Å²) in [6, 6.07) is 21.1. The first-order valence-electron chi connectivity index (χ1n) is 10.5. The third-order valence-electron chi connectivity index (χ3n) is 5.67. The number of hydrogen-bond donors (Lipinski definition) is 2. The van der Waals surface area contributed by atoms with Crippen LogP contribution in [0.2, 0.25) is 0 Å². The monoisotopic (exact) mass is 432 g/mol. The van der Waals surface area contributed by atoms with Gasteiger partial charge < -0.3 is 19.7 Å². The molecule has 1 aliphatic rings. The molecule has 0 aliphatic carbocycles. The van der Waals surface area contributed by atoms with E-state index in [1.165, 1.54) is 11.1 Å². The van der Waals surface area contributed by atoms with Crippen molar-refractivity contribution >= 4 is 21.4 Å². The summed E-state index contributed by atoms with van der Waals surface area (Å²) >= 11 is 1.66. The van der Waals surface area contributed by atoms with Crippen molar-refractivity contribution in [2.24, 2.45) is 0 Å². The van der Waals surface area contributed by atoms with Crippen LogP contribution in [-0.4, -0.2) is 29.5 Å². The normalized spacial score (nSPS) is 16.1. The Morgan fingerprint density at radius 2 is 1.71 bits per heavy atom. The van der Waals surface area contributed by atoms with E-state index in [1.807, 2.05) is 36.4 Å². The van der Waals surface area contributed by atoms with Gasteiger partial charge in [-0.2, -0.15) is 0 Å². The molecule has 1 atom stereocenters. The van der Waals surface area contributed by atoms with Gasteiger partial charge in [0.05, 0.1) is 6.10 Å². The summed E-state index contributed by atoms with van der Waals surface area (Å²) in [6.45, 7) is 1.44. The van der Waals surface area contributed by atoms with E-state index in [-0.39, 0.29) is 17.6 Å². The van der Waals surface area contributed by atoms with Crippen molar-refractivity contribution in [1.29, 1.82) is 0 Å².